The molecule has 1 aromatic heterocycles. The molecule has 0 unspecified atom stereocenters. The van der Waals surface area contributed by atoms with Gasteiger partial charge in [0, 0.05) is 11.1 Å². The normalized spacial score (nSPS) is 10.8. The van der Waals surface area contributed by atoms with Crippen LogP contribution in [0.3, 0.4) is 0 Å². The first kappa shape index (κ1) is 17.6. The third-order valence-corrected chi connectivity index (χ3v) is 5.01. The number of rotatable bonds is 3. The number of nitrogens with zero attached hydrogens (tertiary/aromatic N) is 1. The summed E-state index contributed by atoms with van der Waals surface area (Å²) in [6.07, 6.45) is 0.433. The minimum atomic E-state index is -1.15. The van der Waals surface area contributed by atoms with Gasteiger partial charge in [-0.25, -0.2) is 4.39 Å². The fourth-order valence-electron chi connectivity index (χ4n) is 1.81. The number of carbonyl (C=O) groups is 1. The largest absolute Gasteiger partial charge is 0.481 e. The number of pyridine rings is 1. The van der Waals surface area contributed by atoms with Crippen molar-refractivity contribution >= 4 is 64.0 Å². The quantitative estimate of drug-likeness (QED) is 0.522. The highest BCUT2D eigenvalue weighted by atomic mass is 35.5. The highest BCUT2D eigenvalue weighted by Crippen LogP contribution is 2.48. The average Bonchev–Trinajstić information content (AvgIpc) is 2.45. The number of carboxylic acids is 1. The molecule has 3 nitrogen and oxygen atoms in total. The fourth-order valence-corrected chi connectivity index (χ4v) is 3.15. The second-order valence-electron chi connectivity index (χ2n) is 4.16. The van der Waals surface area contributed by atoms with Crippen LogP contribution in [0.2, 0.25) is 25.1 Å². The molecule has 2 aromatic rings. The Morgan fingerprint density at radius 3 is 2.05 bits per heavy atom. The maximum Gasteiger partial charge on any atom is 0.309 e. The zero-order valence-corrected chi connectivity index (χ0v) is 14.2. The van der Waals surface area contributed by atoms with Crippen LogP contribution in [-0.4, -0.2) is 16.1 Å². The second-order valence-corrected chi connectivity index (χ2v) is 6.05. The summed E-state index contributed by atoms with van der Waals surface area (Å²) < 4.78 is 13.5. The molecular formula is C13H5Cl5FNO2. The van der Waals surface area contributed by atoms with E-state index in [-0.39, 0.29) is 41.9 Å². The third kappa shape index (κ3) is 3.26. The van der Waals surface area contributed by atoms with Gasteiger partial charge >= 0.3 is 5.97 Å². The maximum absolute atomic E-state index is 13.5. The van der Waals surface area contributed by atoms with Gasteiger partial charge in [0.2, 0.25) is 0 Å². The standard InChI is InChI=1S/C13H5Cl5FNO2/c14-9-8(10(15)12(17)13(18)11(9)16)5-1-4(19)3-20-6(5)2-7(21)22/h1,3H,2H2,(H,21,22). The lowest BCUT2D eigenvalue weighted by Gasteiger charge is -2.15. The topological polar surface area (TPSA) is 50.2 Å². The smallest absolute Gasteiger partial charge is 0.309 e. The van der Waals surface area contributed by atoms with E-state index in [1.807, 2.05) is 0 Å². The number of hydrogen-bond acceptors (Lipinski definition) is 2. The predicted octanol–water partition coefficient (Wildman–Crippen LogP) is 5.78. The van der Waals surface area contributed by atoms with Crippen LogP contribution in [-0.2, 0) is 11.2 Å². The molecule has 1 aromatic carbocycles. The second kappa shape index (κ2) is 6.77. The summed E-state index contributed by atoms with van der Waals surface area (Å²) in [5.41, 5.74) is 0.219. The molecular weight excluding hydrogens is 398 g/mol. The van der Waals surface area contributed by atoms with Crippen LogP contribution in [0.25, 0.3) is 11.1 Å². The first-order valence-electron chi connectivity index (χ1n) is 5.62. The van der Waals surface area contributed by atoms with Gasteiger partial charge < -0.3 is 5.11 Å². The Balaban J connectivity index is 2.82. The highest BCUT2D eigenvalue weighted by molar-refractivity contribution is 6.56. The molecule has 0 bridgehead atoms. The van der Waals surface area contributed by atoms with Crippen molar-refractivity contribution in [1.82, 2.24) is 4.98 Å². The lowest BCUT2D eigenvalue weighted by Crippen LogP contribution is -2.05. The van der Waals surface area contributed by atoms with Crippen molar-refractivity contribution in [2.75, 3.05) is 0 Å². The first-order chi connectivity index (χ1) is 10.2. The van der Waals surface area contributed by atoms with Crippen molar-refractivity contribution in [3.05, 3.63) is 48.9 Å². The molecule has 0 spiro atoms. The van der Waals surface area contributed by atoms with Crippen LogP contribution in [0.5, 0.6) is 0 Å². The molecule has 116 valence electrons. The molecule has 9 heteroatoms. The van der Waals surface area contributed by atoms with Crippen molar-refractivity contribution < 1.29 is 14.3 Å². The highest BCUT2D eigenvalue weighted by Gasteiger charge is 2.23. The van der Waals surface area contributed by atoms with Crippen LogP contribution < -0.4 is 0 Å². The minimum absolute atomic E-state index is 0.0498. The summed E-state index contributed by atoms with van der Waals surface area (Å²) in [5.74, 6) is -1.85. The van der Waals surface area contributed by atoms with E-state index >= 15 is 0 Å². The Morgan fingerprint density at radius 1 is 1.05 bits per heavy atom. The minimum Gasteiger partial charge on any atom is -0.481 e. The van der Waals surface area contributed by atoms with Crippen LogP contribution in [0.4, 0.5) is 4.39 Å². The van der Waals surface area contributed by atoms with Crippen molar-refractivity contribution in [3.63, 3.8) is 0 Å². The Hall–Kier alpha value is -0.780. The first-order valence-corrected chi connectivity index (χ1v) is 7.51. The van der Waals surface area contributed by atoms with Gasteiger partial charge in [0.1, 0.15) is 5.82 Å². The molecule has 0 amide bonds. The molecule has 0 saturated heterocycles. The third-order valence-electron chi connectivity index (χ3n) is 2.73. The lowest BCUT2D eigenvalue weighted by atomic mass is 10.0. The van der Waals surface area contributed by atoms with E-state index in [0.29, 0.717) is 0 Å². The van der Waals surface area contributed by atoms with Crippen LogP contribution >= 0.6 is 58.0 Å². The van der Waals surface area contributed by atoms with Gasteiger partial charge in [-0.15, -0.1) is 0 Å². The molecule has 0 aliphatic carbocycles. The van der Waals surface area contributed by atoms with E-state index < -0.39 is 18.2 Å². The molecule has 0 radical (unpaired) electrons. The SMILES string of the molecule is O=C(O)Cc1ncc(F)cc1-c1c(Cl)c(Cl)c(Cl)c(Cl)c1Cl. The monoisotopic (exact) mass is 401 g/mol. The van der Waals surface area contributed by atoms with Gasteiger partial charge in [-0.1, -0.05) is 58.0 Å². The van der Waals surface area contributed by atoms with Gasteiger partial charge in [0.25, 0.3) is 0 Å². The molecule has 1 heterocycles. The molecule has 1 N–H and O–H groups in total. The molecule has 2 rings (SSSR count). The van der Waals surface area contributed by atoms with E-state index in [1.165, 1.54) is 0 Å². The van der Waals surface area contributed by atoms with E-state index in [1.54, 1.807) is 0 Å². The van der Waals surface area contributed by atoms with Gasteiger partial charge in [-0.05, 0) is 6.07 Å². The summed E-state index contributed by atoms with van der Waals surface area (Å²) in [6.45, 7) is 0. The fraction of sp³-hybridized carbons (Fsp3) is 0.0769. The number of carboxylic acid groups (broad SMARTS) is 1. The van der Waals surface area contributed by atoms with Gasteiger partial charge in [-0.3, -0.25) is 9.78 Å². The van der Waals surface area contributed by atoms with Crippen LogP contribution in [0, 0.1) is 5.82 Å². The molecule has 0 atom stereocenters. The van der Waals surface area contributed by atoms with E-state index in [9.17, 15) is 9.18 Å². The van der Waals surface area contributed by atoms with E-state index in [4.69, 9.17) is 63.1 Å². The number of hydrogen-bond donors (Lipinski definition) is 1. The predicted molar refractivity (Wildman–Crippen MR) is 86.0 cm³/mol. The summed E-state index contributed by atoms with van der Waals surface area (Å²) in [4.78, 5) is 14.7. The van der Waals surface area contributed by atoms with Crippen molar-refractivity contribution in [2.45, 2.75) is 6.42 Å². The summed E-state index contributed by atoms with van der Waals surface area (Å²) >= 11 is 30.1. The van der Waals surface area contributed by atoms with Crippen LogP contribution in [0.1, 0.15) is 5.69 Å². The van der Waals surface area contributed by atoms with Gasteiger partial charge in [-0.2, -0.15) is 0 Å². The number of aliphatic carboxylic acids is 1. The van der Waals surface area contributed by atoms with E-state index in [2.05, 4.69) is 4.98 Å². The number of aromatic nitrogens is 1. The maximum atomic E-state index is 13.5. The zero-order chi connectivity index (χ0) is 16.6. The van der Waals surface area contributed by atoms with Gasteiger partial charge in [0.15, 0.2) is 0 Å². The zero-order valence-electron chi connectivity index (χ0n) is 10.4. The van der Waals surface area contributed by atoms with Gasteiger partial charge in [0.05, 0.1) is 43.4 Å². The summed E-state index contributed by atoms with van der Waals surface area (Å²) in [5, 5.41) is 8.60. The molecule has 0 fully saturated rings. The Morgan fingerprint density at radius 2 is 1.55 bits per heavy atom. The molecule has 22 heavy (non-hydrogen) atoms. The lowest BCUT2D eigenvalue weighted by molar-refractivity contribution is -0.136. The number of halogens is 6. The Kier molecular flexibility index (Phi) is 5.41. The average molecular weight is 403 g/mol. The van der Waals surface area contributed by atoms with Crippen molar-refractivity contribution in [1.29, 1.82) is 0 Å². The summed E-state index contributed by atoms with van der Waals surface area (Å²) in [6, 6.07) is 1.05. The summed E-state index contributed by atoms with van der Waals surface area (Å²) in [7, 11) is 0. The molecule has 0 saturated carbocycles. The number of benzene rings is 1. The molecule has 0 aliphatic rings. The van der Waals surface area contributed by atoms with Crippen molar-refractivity contribution in [2.24, 2.45) is 0 Å². The van der Waals surface area contributed by atoms with Crippen molar-refractivity contribution in [3.8, 4) is 11.1 Å². The molecule has 0 aliphatic heterocycles. The Labute approximate surface area is 149 Å². The Bertz CT molecular complexity index is 753. The van der Waals surface area contributed by atoms with Crippen LogP contribution in [0.15, 0.2) is 12.3 Å². The van der Waals surface area contributed by atoms with E-state index in [0.717, 1.165) is 12.3 Å².